The van der Waals surface area contributed by atoms with Gasteiger partial charge in [0, 0.05) is 72.2 Å². The number of methoxy groups -OCH3 is 2. The summed E-state index contributed by atoms with van der Waals surface area (Å²) in [6.07, 6.45) is 0. The number of rotatable bonds is 5. The second-order valence-corrected chi connectivity index (χ2v) is 9.34. The fraction of sp³-hybridized carbons (Fsp3) is 0.308. The summed E-state index contributed by atoms with van der Waals surface area (Å²) in [5.41, 5.74) is 3.58. The molecule has 4 rings (SSSR count). The molecule has 0 atom stereocenters. The molecule has 2 aromatic carbocycles. The van der Waals surface area contributed by atoms with Crippen LogP contribution in [0.1, 0.15) is 11.4 Å². The lowest BCUT2D eigenvalue weighted by Gasteiger charge is -2.37. The number of thiocarbonyl (C=S) groups is 1. The van der Waals surface area contributed by atoms with Crippen LogP contribution >= 0.6 is 23.8 Å². The summed E-state index contributed by atoms with van der Waals surface area (Å²) in [6, 6.07) is 15.3. The van der Waals surface area contributed by atoms with Crippen molar-refractivity contribution in [1.82, 2.24) is 14.9 Å². The van der Waals surface area contributed by atoms with E-state index in [2.05, 4.69) is 30.4 Å². The summed E-state index contributed by atoms with van der Waals surface area (Å²) in [4.78, 5) is 18.2. The quantitative estimate of drug-likeness (QED) is 0.271. The van der Waals surface area contributed by atoms with E-state index in [0.717, 1.165) is 48.3 Å². The third-order valence-electron chi connectivity index (χ3n) is 5.79. The molecule has 194 valence electrons. The zero-order valence-electron chi connectivity index (χ0n) is 21.3. The van der Waals surface area contributed by atoms with Gasteiger partial charge in [0.25, 0.3) is 0 Å². The minimum atomic E-state index is 0.280. The van der Waals surface area contributed by atoms with Crippen LogP contribution in [-0.4, -0.2) is 66.3 Å². The minimum absolute atomic E-state index is 0.280. The Morgan fingerprint density at radius 3 is 2.05 bits per heavy atom. The molecule has 0 saturated carbocycles. The molecule has 0 spiro atoms. The van der Waals surface area contributed by atoms with E-state index in [-0.39, 0.29) is 5.11 Å². The summed E-state index contributed by atoms with van der Waals surface area (Å²) in [6.45, 7) is 6.95. The van der Waals surface area contributed by atoms with E-state index in [4.69, 9.17) is 38.3 Å². The van der Waals surface area contributed by atoms with Gasteiger partial charge in [-0.3, -0.25) is 5.32 Å². The first-order valence-corrected chi connectivity index (χ1v) is 12.6. The maximum Gasteiger partial charge on any atom is 0.229 e. The molecule has 0 amide bonds. The first-order valence-electron chi connectivity index (χ1n) is 11.8. The lowest BCUT2D eigenvalue weighted by atomic mass is 10.2. The van der Waals surface area contributed by atoms with Crippen molar-refractivity contribution in [2.24, 2.45) is 4.99 Å². The van der Waals surface area contributed by atoms with Crippen LogP contribution in [-0.2, 0) is 0 Å². The third kappa shape index (κ3) is 7.21. The standard InChI is InChI=1S/C26H30ClN7O2S/c1-17-13-18(2)29-24(28-17)31-25(32-26(37)30-20-14-22(35-3)16-23(15-20)36-4)34-11-9-33(10-12-34)21-7-5-19(27)6-8-21/h5-8,13-16H,9-12H2,1-4H3,(H2,28,29,30,31,32,37). The van der Waals surface area contributed by atoms with Crippen LogP contribution in [0.4, 0.5) is 17.3 Å². The molecule has 1 fully saturated rings. The normalized spacial score (nSPS) is 13.8. The average Bonchev–Trinajstić information content (AvgIpc) is 2.88. The highest BCUT2D eigenvalue weighted by molar-refractivity contribution is 7.80. The van der Waals surface area contributed by atoms with Crippen molar-refractivity contribution in [3.63, 3.8) is 0 Å². The van der Waals surface area contributed by atoms with Gasteiger partial charge in [0.2, 0.25) is 17.0 Å². The van der Waals surface area contributed by atoms with E-state index < -0.39 is 0 Å². The molecule has 0 radical (unpaired) electrons. The Bertz CT molecular complexity index is 1240. The Labute approximate surface area is 227 Å². The van der Waals surface area contributed by atoms with Gasteiger partial charge in [0.15, 0.2) is 0 Å². The van der Waals surface area contributed by atoms with E-state index in [1.54, 1.807) is 20.3 Å². The molecule has 1 saturated heterocycles. The van der Waals surface area contributed by atoms with Gasteiger partial charge < -0.3 is 24.6 Å². The number of benzene rings is 2. The molecule has 1 aromatic heterocycles. The average molecular weight is 540 g/mol. The van der Waals surface area contributed by atoms with E-state index in [9.17, 15) is 0 Å². The first kappa shape index (κ1) is 26.4. The van der Waals surface area contributed by atoms with Gasteiger partial charge in [-0.15, -0.1) is 0 Å². The number of aryl methyl sites for hydroxylation is 2. The van der Waals surface area contributed by atoms with Gasteiger partial charge in [-0.25, -0.2) is 9.97 Å². The van der Waals surface area contributed by atoms with Crippen molar-refractivity contribution in [3.05, 3.63) is 64.9 Å². The van der Waals surface area contributed by atoms with Crippen molar-refractivity contribution in [2.75, 3.05) is 55.9 Å². The van der Waals surface area contributed by atoms with Gasteiger partial charge in [0.1, 0.15) is 11.5 Å². The number of hydrogen-bond acceptors (Lipinski definition) is 6. The Balaban J connectivity index is 1.55. The minimum Gasteiger partial charge on any atom is -0.497 e. The number of halogens is 1. The van der Waals surface area contributed by atoms with Gasteiger partial charge in [-0.05, 0) is 56.4 Å². The smallest absolute Gasteiger partial charge is 0.229 e. The Hall–Kier alpha value is -3.63. The zero-order chi connectivity index (χ0) is 26.4. The van der Waals surface area contributed by atoms with Crippen LogP contribution in [0.15, 0.2) is 53.5 Å². The zero-order valence-corrected chi connectivity index (χ0v) is 22.9. The number of aromatic nitrogens is 2. The predicted molar refractivity (Wildman–Crippen MR) is 154 cm³/mol. The number of ether oxygens (including phenoxy) is 2. The fourth-order valence-corrected chi connectivity index (χ4v) is 4.35. The number of hydrogen-bond donors (Lipinski definition) is 2. The number of nitrogens with zero attached hydrogens (tertiary/aromatic N) is 5. The number of nitrogens with one attached hydrogen (secondary N) is 2. The van der Waals surface area contributed by atoms with Crippen LogP contribution in [0, 0.1) is 13.8 Å². The van der Waals surface area contributed by atoms with E-state index in [1.165, 1.54) is 0 Å². The summed E-state index contributed by atoms with van der Waals surface area (Å²) >= 11 is 11.7. The molecular weight excluding hydrogens is 510 g/mol. The van der Waals surface area contributed by atoms with Gasteiger partial charge in [0.05, 0.1) is 14.2 Å². The van der Waals surface area contributed by atoms with E-state index in [1.807, 2.05) is 56.3 Å². The van der Waals surface area contributed by atoms with Crippen LogP contribution in [0.3, 0.4) is 0 Å². The molecule has 0 bridgehead atoms. The molecule has 11 heteroatoms. The number of piperazine rings is 1. The van der Waals surface area contributed by atoms with E-state index >= 15 is 0 Å². The highest BCUT2D eigenvalue weighted by atomic mass is 35.5. The molecule has 9 nitrogen and oxygen atoms in total. The Morgan fingerprint density at radius 2 is 1.49 bits per heavy atom. The maximum atomic E-state index is 6.06. The van der Waals surface area contributed by atoms with Crippen LogP contribution in [0.25, 0.3) is 0 Å². The Kier molecular flexibility index (Phi) is 8.62. The van der Waals surface area contributed by atoms with Gasteiger partial charge in [-0.2, -0.15) is 4.99 Å². The second-order valence-electron chi connectivity index (χ2n) is 8.52. The third-order valence-corrected chi connectivity index (χ3v) is 6.23. The maximum absolute atomic E-state index is 6.06. The van der Waals surface area contributed by atoms with Crippen LogP contribution < -0.4 is 25.0 Å². The molecule has 2 N–H and O–H groups in total. The monoisotopic (exact) mass is 539 g/mol. The molecule has 0 aliphatic carbocycles. The first-order chi connectivity index (χ1) is 17.8. The predicted octanol–water partition coefficient (Wildman–Crippen LogP) is 4.75. The summed E-state index contributed by atoms with van der Waals surface area (Å²) in [5, 5.41) is 7.46. The van der Waals surface area contributed by atoms with E-state index in [0.29, 0.717) is 29.1 Å². The van der Waals surface area contributed by atoms with Crippen molar-refractivity contribution < 1.29 is 9.47 Å². The molecule has 0 unspecified atom stereocenters. The van der Waals surface area contributed by atoms with Crippen molar-refractivity contribution in [3.8, 4) is 11.5 Å². The Morgan fingerprint density at radius 1 is 0.892 bits per heavy atom. The highest BCUT2D eigenvalue weighted by Gasteiger charge is 2.22. The van der Waals surface area contributed by atoms with Crippen molar-refractivity contribution in [2.45, 2.75) is 13.8 Å². The molecule has 3 aromatic rings. The number of anilines is 3. The lowest BCUT2D eigenvalue weighted by molar-refractivity contribution is 0.385. The van der Waals surface area contributed by atoms with Gasteiger partial charge in [-0.1, -0.05) is 11.6 Å². The van der Waals surface area contributed by atoms with Gasteiger partial charge >= 0.3 is 0 Å². The molecule has 1 aliphatic rings. The largest absolute Gasteiger partial charge is 0.497 e. The van der Waals surface area contributed by atoms with Crippen LogP contribution in [0.5, 0.6) is 11.5 Å². The highest BCUT2D eigenvalue weighted by Crippen LogP contribution is 2.26. The number of aliphatic imine (C=N–C) groups is 1. The lowest BCUT2D eigenvalue weighted by Crippen LogP contribution is -2.51. The summed E-state index contributed by atoms with van der Waals surface area (Å²) in [5.74, 6) is 2.35. The van der Waals surface area contributed by atoms with Crippen LogP contribution in [0.2, 0.25) is 5.02 Å². The second kappa shape index (κ2) is 12.1. The SMILES string of the molecule is COc1cc(NC(=S)/N=C(\Nc2nc(C)cc(C)n2)N2CCN(c3ccc(Cl)cc3)CC2)cc(OC)c1. The van der Waals surface area contributed by atoms with Crippen molar-refractivity contribution in [1.29, 1.82) is 0 Å². The summed E-state index contributed by atoms with van der Waals surface area (Å²) in [7, 11) is 3.20. The summed E-state index contributed by atoms with van der Waals surface area (Å²) < 4.78 is 10.7. The topological polar surface area (TPSA) is 87.1 Å². The van der Waals surface area contributed by atoms with Crippen molar-refractivity contribution >= 4 is 52.2 Å². The molecular formula is C26H30ClN7O2S. The molecule has 37 heavy (non-hydrogen) atoms. The number of guanidine groups is 1. The molecule has 2 heterocycles. The fourth-order valence-electron chi connectivity index (χ4n) is 4.02. The molecule has 1 aliphatic heterocycles.